The van der Waals surface area contributed by atoms with E-state index in [1.807, 2.05) is 0 Å². The number of para-hydroxylation sites is 2. The minimum absolute atomic E-state index is 0.937. The first-order valence-electron chi connectivity index (χ1n) is 14.3. The van der Waals surface area contributed by atoms with E-state index in [1.54, 1.807) is 0 Å². The van der Waals surface area contributed by atoms with E-state index < -0.39 is 0 Å². The third kappa shape index (κ3) is 3.25. The van der Waals surface area contributed by atoms with Gasteiger partial charge in [-0.2, -0.15) is 0 Å². The van der Waals surface area contributed by atoms with Crippen LogP contribution in [0.15, 0.2) is 152 Å². The summed E-state index contributed by atoms with van der Waals surface area (Å²) in [5.74, 6) is 0.937. The number of hydrogen-bond acceptors (Lipinski definition) is 1. The van der Waals surface area contributed by atoms with Gasteiger partial charge in [-0.05, 0) is 41.1 Å². The van der Waals surface area contributed by atoms with Gasteiger partial charge in [-0.25, -0.2) is 4.98 Å². The molecule has 0 saturated carbocycles. The van der Waals surface area contributed by atoms with E-state index in [-0.39, 0.29) is 0 Å². The third-order valence-corrected chi connectivity index (χ3v) is 8.49. The fourth-order valence-electron chi connectivity index (χ4n) is 6.71. The monoisotopic (exact) mass is 535 g/mol. The van der Waals surface area contributed by atoms with E-state index in [4.69, 9.17) is 4.98 Å². The lowest BCUT2D eigenvalue weighted by Gasteiger charge is -2.15. The number of benzene rings is 7. The first kappa shape index (κ1) is 23.1. The molecule has 196 valence electrons. The highest BCUT2D eigenvalue weighted by atomic mass is 15.1. The molecule has 0 N–H and O–H groups in total. The molecular weight excluding hydrogens is 510 g/mol. The van der Waals surface area contributed by atoms with Crippen molar-refractivity contribution in [1.82, 2.24) is 14.1 Å². The van der Waals surface area contributed by atoms with E-state index >= 15 is 0 Å². The molecule has 0 bridgehead atoms. The molecule has 0 radical (unpaired) electrons. The van der Waals surface area contributed by atoms with E-state index in [9.17, 15) is 0 Å². The minimum atomic E-state index is 0.937. The standard InChI is InChI=1S/C39H25N3/c1-2-13-26(14-3-1)39-40-37-33-21-6-4-17-29(33)30-18-5-7-22-34(30)38(37)42(39)28-16-12-15-27(25-28)41-35-23-10-8-19-31(35)32-20-9-11-24-36(32)41/h1-25H. The van der Waals surface area contributed by atoms with Crippen LogP contribution in [0.3, 0.4) is 0 Å². The van der Waals surface area contributed by atoms with Crippen LogP contribution in [0.4, 0.5) is 0 Å². The predicted molar refractivity (Wildman–Crippen MR) is 176 cm³/mol. The van der Waals surface area contributed by atoms with Gasteiger partial charge >= 0.3 is 0 Å². The highest BCUT2D eigenvalue weighted by Gasteiger charge is 2.20. The Morgan fingerprint density at radius 2 is 0.881 bits per heavy atom. The largest absolute Gasteiger partial charge is 0.309 e. The number of fused-ring (bicyclic) bond motifs is 9. The molecule has 9 rings (SSSR count). The average Bonchev–Trinajstić information content (AvgIpc) is 3.63. The Labute approximate surface area is 242 Å². The summed E-state index contributed by atoms with van der Waals surface area (Å²) in [4.78, 5) is 5.39. The summed E-state index contributed by atoms with van der Waals surface area (Å²) >= 11 is 0. The van der Waals surface area contributed by atoms with Crippen LogP contribution in [0.1, 0.15) is 0 Å². The normalized spacial score (nSPS) is 11.8. The highest BCUT2D eigenvalue weighted by molar-refractivity contribution is 6.24. The van der Waals surface area contributed by atoms with Crippen LogP contribution in [0.5, 0.6) is 0 Å². The highest BCUT2D eigenvalue weighted by Crippen LogP contribution is 2.40. The summed E-state index contributed by atoms with van der Waals surface area (Å²) in [5, 5.41) is 7.34. The molecule has 0 aliphatic rings. The Bertz CT molecular complexity index is 2410. The minimum Gasteiger partial charge on any atom is -0.309 e. The molecule has 0 unspecified atom stereocenters. The summed E-state index contributed by atoms with van der Waals surface area (Å²) in [7, 11) is 0. The van der Waals surface area contributed by atoms with Gasteiger partial charge in [0.25, 0.3) is 0 Å². The Morgan fingerprint density at radius 3 is 1.55 bits per heavy atom. The summed E-state index contributed by atoms with van der Waals surface area (Å²) in [6.07, 6.45) is 0. The van der Waals surface area contributed by atoms with Gasteiger partial charge < -0.3 is 4.57 Å². The molecule has 0 aliphatic carbocycles. The molecule has 3 nitrogen and oxygen atoms in total. The Morgan fingerprint density at radius 1 is 0.381 bits per heavy atom. The van der Waals surface area contributed by atoms with Gasteiger partial charge in [0.1, 0.15) is 5.82 Å². The number of rotatable bonds is 3. The molecule has 0 aliphatic heterocycles. The van der Waals surface area contributed by atoms with Crippen molar-refractivity contribution in [1.29, 1.82) is 0 Å². The lowest BCUT2D eigenvalue weighted by atomic mass is 10.00. The number of nitrogens with zero attached hydrogens (tertiary/aromatic N) is 3. The van der Waals surface area contributed by atoms with Gasteiger partial charge in [0.15, 0.2) is 0 Å². The smallest absolute Gasteiger partial charge is 0.145 e. The quantitative estimate of drug-likeness (QED) is 0.206. The molecule has 42 heavy (non-hydrogen) atoms. The van der Waals surface area contributed by atoms with Crippen molar-refractivity contribution in [2.45, 2.75) is 0 Å². The predicted octanol–water partition coefficient (Wildman–Crippen LogP) is 10.1. The summed E-state index contributed by atoms with van der Waals surface area (Å²) < 4.78 is 4.74. The van der Waals surface area contributed by atoms with Gasteiger partial charge in [-0.1, -0.05) is 121 Å². The lowest BCUT2D eigenvalue weighted by molar-refractivity contribution is 1.09. The van der Waals surface area contributed by atoms with Crippen molar-refractivity contribution in [3.8, 4) is 22.8 Å². The van der Waals surface area contributed by atoms with Crippen LogP contribution in [-0.4, -0.2) is 14.1 Å². The second-order valence-electron chi connectivity index (χ2n) is 10.8. The first-order chi connectivity index (χ1) is 20.9. The molecule has 3 heteroatoms. The molecule has 9 aromatic rings. The second-order valence-corrected chi connectivity index (χ2v) is 10.8. The van der Waals surface area contributed by atoms with Gasteiger partial charge in [0, 0.05) is 38.5 Å². The van der Waals surface area contributed by atoms with Gasteiger partial charge in [0.05, 0.1) is 22.1 Å². The van der Waals surface area contributed by atoms with Crippen molar-refractivity contribution < 1.29 is 0 Å². The topological polar surface area (TPSA) is 22.8 Å². The molecule has 2 heterocycles. The lowest BCUT2D eigenvalue weighted by Crippen LogP contribution is -2.01. The van der Waals surface area contributed by atoms with E-state index in [2.05, 4.69) is 161 Å². The maximum atomic E-state index is 5.39. The van der Waals surface area contributed by atoms with Crippen molar-refractivity contribution in [3.63, 3.8) is 0 Å². The molecule has 2 aromatic heterocycles. The van der Waals surface area contributed by atoms with Crippen LogP contribution < -0.4 is 0 Å². The van der Waals surface area contributed by atoms with Gasteiger partial charge in [-0.3, -0.25) is 4.57 Å². The maximum Gasteiger partial charge on any atom is 0.145 e. The van der Waals surface area contributed by atoms with Crippen molar-refractivity contribution in [3.05, 3.63) is 152 Å². The van der Waals surface area contributed by atoms with Crippen LogP contribution in [-0.2, 0) is 0 Å². The maximum absolute atomic E-state index is 5.39. The fraction of sp³-hybridized carbons (Fsp3) is 0. The Hall–Kier alpha value is -5.67. The van der Waals surface area contributed by atoms with E-state index in [0.717, 1.165) is 33.8 Å². The van der Waals surface area contributed by atoms with Crippen molar-refractivity contribution in [2.24, 2.45) is 0 Å². The first-order valence-corrected chi connectivity index (χ1v) is 14.3. The molecule has 0 fully saturated rings. The zero-order valence-electron chi connectivity index (χ0n) is 22.8. The average molecular weight is 536 g/mol. The Balaban J connectivity index is 1.42. The zero-order chi connectivity index (χ0) is 27.6. The van der Waals surface area contributed by atoms with E-state index in [1.165, 1.54) is 43.4 Å². The van der Waals surface area contributed by atoms with E-state index in [0.29, 0.717) is 0 Å². The van der Waals surface area contributed by atoms with Gasteiger partial charge in [-0.15, -0.1) is 0 Å². The number of aromatic nitrogens is 3. The molecule has 0 spiro atoms. The molecule has 0 saturated heterocycles. The van der Waals surface area contributed by atoms with Crippen molar-refractivity contribution in [2.75, 3.05) is 0 Å². The second kappa shape index (κ2) is 8.92. The zero-order valence-corrected chi connectivity index (χ0v) is 22.8. The number of hydrogen-bond donors (Lipinski definition) is 0. The molecule has 0 atom stereocenters. The van der Waals surface area contributed by atoms with Crippen LogP contribution in [0.25, 0.3) is 77.1 Å². The summed E-state index contributed by atoms with van der Waals surface area (Å²) in [6, 6.07) is 54.1. The molecule has 0 amide bonds. The number of imidazole rings is 1. The molecule has 7 aromatic carbocycles. The van der Waals surface area contributed by atoms with Crippen LogP contribution in [0.2, 0.25) is 0 Å². The third-order valence-electron chi connectivity index (χ3n) is 8.49. The van der Waals surface area contributed by atoms with Crippen LogP contribution in [0, 0.1) is 0 Å². The van der Waals surface area contributed by atoms with Crippen molar-refractivity contribution >= 4 is 54.4 Å². The van der Waals surface area contributed by atoms with Gasteiger partial charge in [0.2, 0.25) is 0 Å². The fourth-order valence-corrected chi connectivity index (χ4v) is 6.71. The van der Waals surface area contributed by atoms with Crippen LogP contribution >= 0.6 is 0 Å². The summed E-state index contributed by atoms with van der Waals surface area (Å²) in [5.41, 5.74) is 7.83. The molecular formula is C39H25N3. The summed E-state index contributed by atoms with van der Waals surface area (Å²) in [6.45, 7) is 0. The SMILES string of the molecule is c1ccc(-c2nc3c4ccccc4c4ccccc4c3n2-c2cccc(-n3c4ccccc4c4ccccc43)c2)cc1. The Kier molecular flexibility index (Phi) is 4.90.